The topological polar surface area (TPSA) is 32.3 Å². The van der Waals surface area contributed by atoms with Gasteiger partial charge in [0.25, 0.3) is 0 Å². The van der Waals surface area contributed by atoms with Gasteiger partial charge in [0.2, 0.25) is 5.91 Å². The summed E-state index contributed by atoms with van der Waals surface area (Å²) in [6.45, 7) is 7.39. The van der Waals surface area contributed by atoms with E-state index in [4.69, 9.17) is 0 Å². The molecule has 1 rings (SSSR count). The minimum Gasteiger partial charge on any atom is -0.326 e. The molecule has 1 aliphatic heterocycles. The molecule has 1 amide bonds. The molecule has 0 bridgehead atoms. The highest BCUT2D eigenvalue weighted by atomic mass is 32.2. The van der Waals surface area contributed by atoms with Crippen LogP contribution < -0.4 is 5.32 Å². The van der Waals surface area contributed by atoms with Gasteiger partial charge >= 0.3 is 0 Å². The molecular formula is C13H26N2OS. The first-order valence-electron chi connectivity index (χ1n) is 6.65. The molecule has 0 saturated carbocycles. The molecule has 1 N–H and O–H groups in total. The van der Waals surface area contributed by atoms with Crippen LogP contribution in [0.3, 0.4) is 0 Å². The lowest BCUT2D eigenvalue weighted by Crippen LogP contribution is -2.37. The fraction of sp³-hybridized carbons (Fsp3) is 0.923. The summed E-state index contributed by atoms with van der Waals surface area (Å²) in [7, 11) is 0. The van der Waals surface area contributed by atoms with Gasteiger partial charge in [0.1, 0.15) is 0 Å². The molecule has 1 aliphatic rings. The van der Waals surface area contributed by atoms with Crippen LogP contribution in [0.25, 0.3) is 0 Å². The second-order valence-corrected chi connectivity index (χ2v) is 6.14. The van der Waals surface area contributed by atoms with E-state index >= 15 is 0 Å². The molecule has 17 heavy (non-hydrogen) atoms. The lowest BCUT2D eigenvalue weighted by atomic mass is 10.0. The van der Waals surface area contributed by atoms with Crippen LogP contribution in [0.4, 0.5) is 0 Å². The van der Waals surface area contributed by atoms with Crippen molar-refractivity contribution in [3.05, 3.63) is 0 Å². The predicted octanol–water partition coefficient (Wildman–Crippen LogP) is 2.32. The number of nitrogens with one attached hydrogen (secondary N) is 1. The lowest BCUT2D eigenvalue weighted by molar-refractivity contribution is -0.130. The Kier molecular flexibility index (Phi) is 6.34. The van der Waals surface area contributed by atoms with Crippen molar-refractivity contribution in [2.75, 3.05) is 18.6 Å². The zero-order chi connectivity index (χ0) is 12.8. The second kappa shape index (κ2) is 7.27. The van der Waals surface area contributed by atoms with Crippen molar-refractivity contribution in [1.29, 1.82) is 0 Å². The Balaban J connectivity index is 2.52. The quantitative estimate of drug-likeness (QED) is 0.711. The molecule has 4 heteroatoms. The van der Waals surface area contributed by atoms with Crippen LogP contribution in [0.2, 0.25) is 0 Å². The fourth-order valence-electron chi connectivity index (χ4n) is 2.37. The van der Waals surface area contributed by atoms with Crippen molar-refractivity contribution in [2.45, 2.75) is 52.2 Å². The van der Waals surface area contributed by atoms with Gasteiger partial charge in [-0.3, -0.25) is 10.1 Å². The maximum atomic E-state index is 12.3. The number of hydrogen-bond donors (Lipinski definition) is 1. The minimum atomic E-state index is 0.0502. The minimum absolute atomic E-state index is 0.0502. The molecule has 0 aromatic rings. The maximum Gasteiger partial charge on any atom is 0.241 e. The number of rotatable bonds is 7. The number of hydrogen-bond acceptors (Lipinski definition) is 3. The first kappa shape index (κ1) is 14.8. The fourth-order valence-corrected chi connectivity index (χ4v) is 2.79. The SMILES string of the molecule is CCC1NC(CC(C)C)C(=O)N1CCCSC. The van der Waals surface area contributed by atoms with E-state index in [9.17, 15) is 4.79 Å². The molecule has 1 fully saturated rings. The van der Waals surface area contributed by atoms with E-state index in [0.717, 1.165) is 31.6 Å². The summed E-state index contributed by atoms with van der Waals surface area (Å²) in [5.41, 5.74) is 0. The van der Waals surface area contributed by atoms with Crippen molar-refractivity contribution < 1.29 is 4.79 Å². The third-order valence-corrected chi connectivity index (χ3v) is 3.89. The van der Waals surface area contributed by atoms with E-state index in [-0.39, 0.29) is 12.2 Å². The Morgan fingerprint density at radius 2 is 2.18 bits per heavy atom. The Morgan fingerprint density at radius 1 is 1.47 bits per heavy atom. The molecule has 1 saturated heterocycles. The van der Waals surface area contributed by atoms with Gasteiger partial charge < -0.3 is 4.90 Å². The highest BCUT2D eigenvalue weighted by molar-refractivity contribution is 7.98. The molecule has 1 heterocycles. The molecule has 0 aromatic carbocycles. The highest BCUT2D eigenvalue weighted by Crippen LogP contribution is 2.19. The van der Waals surface area contributed by atoms with Crippen LogP contribution in [0, 0.1) is 5.92 Å². The molecule has 0 aromatic heterocycles. The summed E-state index contributed by atoms with van der Waals surface area (Å²) in [4.78, 5) is 14.3. The van der Waals surface area contributed by atoms with Crippen LogP contribution in [0.15, 0.2) is 0 Å². The van der Waals surface area contributed by atoms with Gasteiger partial charge in [-0.2, -0.15) is 11.8 Å². The Labute approximate surface area is 110 Å². The van der Waals surface area contributed by atoms with Crippen molar-refractivity contribution in [2.24, 2.45) is 5.92 Å². The lowest BCUT2D eigenvalue weighted by Gasteiger charge is -2.22. The number of thioether (sulfide) groups is 1. The van der Waals surface area contributed by atoms with Gasteiger partial charge in [-0.05, 0) is 37.2 Å². The highest BCUT2D eigenvalue weighted by Gasteiger charge is 2.37. The second-order valence-electron chi connectivity index (χ2n) is 5.15. The molecular weight excluding hydrogens is 232 g/mol. The van der Waals surface area contributed by atoms with Gasteiger partial charge in [0.15, 0.2) is 0 Å². The Morgan fingerprint density at radius 3 is 2.71 bits per heavy atom. The summed E-state index contributed by atoms with van der Waals surface area (Å²) >= 11 is 1.85. The monoisotopic (exact) mass is 258 g/mol. The van der Waals surface area contributed by atoms with Gasteiger partial charge in [-0.1, -0.05) is 20.8 Å². The van der Waals surface area contributed by atoms with Gasteiger partial charge in [0.05, 0.1) is 12.2 Å². The molecule has 0 spiro atoms. The number of carbonyl (C=O) groups is 1. The van der Waals surface area contributed by atoms with E-state index in [1.807, 2.05) is 16.7 Å². The summed E-state index contributed by atoms with van der Waals surface area (Å²) in [5, 5.41) is 3.47. The zero-order valence-corrected chi connectivity index (χ0v) is 12.3. The number of carbonyl (C=O) groups excluding carboxylic acids is 1. The van der Waals surface area contributed by atoms with Crippen LogP contribution in [-0.2, 0) is 4.79 Å². The molecule has 3 nitrogen and oxygen atoms in total. The van der Waals surface area contributed by atoms with Crippen molar-refractivity contribution in [3.8, 4) is 0 Å². The number of nitrogens with zero attached hydrogens (tertiary/aromatic N) is 1. The Bertz CT molecular complexity index is 246. The summed E-state index contributed by atoms with van der Waals surface area (Å²) in [5.74, 6) is 2.02. The van der Waals surface area contributed by atoms with Crippen LogP contribution in [0.1, 0.15) is 40.0 Å². The summed E-state index contributed by atoms with van der Waals surface area (Å²) in [6.07, 6.45) is 5.42. The summed E-state index contributed by atoms with van der Waals surface area (Å²) in [6, 6.07) is 0.0502. The molecule has 2 atom stereocenters. The van der Waals surface area contributed by atoms with Crippen molar-refractivity contribution >= 4 is 17.7 Å². The van der Waals surface area contributed by atoms with E-state index in [0.29, 0.717) is 11.8 Å². The number of amides is 1. The Hall–Kier alpha value is -0.220. The standard InChI is InChI=1S/C13H26N2OS/c1-5-12-14-11(9-10(2)3)13(16)15(12)7-6-8-17-4/h10-12,14H,5-9H2,1-4H3. The summed E-state index contributed by atoms with van der Waals surface area (Å²) < 4.78 is 0. The normalized spacial score (nSPS) is 25.0. The third kappa shape index (κ3) is 4.18. The van der Waals surface area contributed by atoms with Crippen LogP contribution in [-0.4, -0.2) is 41.6 Å². The molecule has 2 unspecified atom stereocenters. The van der Waals surface area contributed by atoms with E-state index in [1.165, 1.54) is 0 Å². The van der Waals surface area contributed by atoms with Crippen molar-refractivity contribution in [3.63, 3.8) is 0 Å². The molecule has 100 valence electrons. The first-order valence-corrected chi connectivity index (χ1v) is 8.05. The first-order chi connectivity index (χ1) is 8.10. The largest absolute Gasteiger partial charge is 0.326 e. The van der Waals surface area contributed by atoms with E-state index in [1.54, 1.807) is 0 Å². The molecule has 0 radical (unpaired) electrons. The van der Waals surface area contributed by atoms with E-state index in [2.05, 4.69) is 32.3 Å². The van der Waals surface area contributed by atoms with Crippen LogP contribution in [0.5, 0.6) is 0 Å². The van der Waals surface area contributed by atoms with Crippen LogP contribution >= 0.6 is 11.8 Å². The predicted molar refractivity (Wildman–Crippen MR) is 75.2 cm³/mol. The maximum absolute atomic E-state index is 12.3. The van der Waals surface area contributed by atoms with Gasteiger partial charge in [-0.25, -0.2) is 0 Å². The van der Waals surface area contributed by atoms with Crippen molar-refractivity contribution in [1.82, 2.24) is 10.2 Å². The smallest absolute Gasteiger partial charge is 0.241 e. The average Bonchev–Trinajstić information content (AvgIpc) is 2.57. The van der Waals surface area contributed by atoms with E-state index < -0.39 is 0 Å². The zero-order valence-electron chi connectivity index (χ0n) is 11.5. The van der Waals surface area contributed by atoms with Gasteiger partial charge in [-0.15, -0.1) is 0 Å². The average molecular weight is 258 g/mol. The van der Waals surface area contributed by atoms with Gasteiger partial charge in [0, 0.05) is 6.54 Å². The third-order valence-electron chi connectivity index (χ3n) is 3.19. The molecule has 0 aliphatic carbocycles.